The lowest BCUT2D eigenvalue weighted by molar-refractivity contribution is -0.394. The second-order valence-corrected chi connectivity index (χ2v) is 5.43. The van der Waals surface area contributed by atoms with Crippen molar-refractivity contribution >= 4 is 38.9 Å². The summed E-state index contributed by atoms with van der Waals surface area (Å²) in [5.74, 6) is -0.749. The number of nitrogens with zero attached hydrogens (tertiary/aromatic N) is 2. The van der Waals surface area contributed by atoms with Crippen molar-refractivity contribution in [3.8, 4) is 5.75 Å². The van der Waals surface area contributed by atoms with Crippen LogP contribution in [0.3, 0.4) is 0 Å². The zero-order valence-corrected chi connectivity index (χ0v) is 13.6. The second kappa shape index (κ2) is 7.51. The first kappa shape index (κ1) is 17.3. The summed E-state index contributed by atoms with van der Waals surface area (Å²) in [5, 5.41) is 24.2. The van der Waals surface area contributed by atoms with E-state index in [0.717, 1.165) is 22.7 Å². The van der Waals surface area contributed by atoms with Gasteiger partial charge in [0, 0.05) is 16.2 Å². The number of anilines is 1. The molecule has 0 saturated carbocycles. The van der Waals surface area contributed by atoms with Gasteiger partial charge in [0.2, 0.25) is 0 Å². The SMILES string of the molecule is O=C(COc1ccc([N+](=O)[O-])cc1[N+](=O)[O-])Nc1ccc(Br)cc1. The number of hydrogen-bond donors (Lipinski definition) is 1. The lowest BCUT2D eigenvalue weighted by atomic mass is 10.2. The molecule has 0 bridgehead atoms. The third-order valence-electron chi connectivity index (χ3n) is 2.84. The predicted molar refractivity (Wildman–Crippen MR) is 88.0 cm³/mol. The largest absolute Gasteiger partial charge is 0.477 e. The van der Waals surface area contributed by atoms with Crippen molar-refractivity contribution < 1.29 is 19.4 Å². The van der Waals surface area contributed by atoms with Crippen LogP contribution in [0.5, 0.6) is 5.75 Å². The van der Waals surface area contributed by atoms with Gasteiger partial charge in [-0.05, 0) is 30.3 Å². The maximum absolute atomic E-state index is 11.8. The zero-order valence-electron chi connectivity index (χ0n) is 12.0. The number of amides is 1. The summed E-state index contributed by atoms with van der Waals surface area (Å²) in [6.07, 6.45) is 0. The van der Waals surface area contributed by atoms with Gasteiger partial charge < -0.3 is 10.1 Å². The molecular weight excluding hydrogens is 386 g/mol. The van der Waals surface area contributed by atoms with Gasteiger partial charge in [0.25, 0.3) is 11.6 Å². The molecular formula is C14H10BrN3O6. The number of nitro benzene ring substituents is 2. The standard InChI is InChI=1S/C14H10BrN3O6/c15-9-1-3-10(4-2-9)16-14(19)8-24-13-6-5-11(17(20)21)7-12(13)18(22)23/h1-7H,8H2,(H,16,19). The molecule has 2 aromatic rings. The molecule has 0 aliphatic rings. The van der Waals surface area contributed by atoms with E-state index in [4.69, 9.17) is 4.74 Å². The van der Waals surface area contributed by atoms with E-state index in [1.165, 1.54) is 0 Å². The van der Waals surface area contributed by atoms with E-state index in [1.807, 2.05) is 0 Å². The van der Waals surface area contributed by atoms with E-state index in [9.17, 15) is 25.0 Å². The van der Waals surface area contributed by atoms with E-state index >= 15 is 0 Å². The molecule has 2 aromatic carbocycles. The Balaban J connectivity index is 2.05. The van der Waals surface area contributed by atoms with E-state index in [1.54, 1.807) is 24.3 Å². The molecule has 0 unspecified atom stereocenters. The van der Waals surface area contributed by atoms with Gasteiger partial charge in [0.05, 0.1) is 15.9 Å². The Morgan fingerprint density at radius 2 is 1.75 bits per heavy atom. The Kier molecular flexibility index (Phi) is 5.42. The van der Waals surface area contributed by atoms with Crippen molar-refractivity contribution in [3.05, 3.63) is 67.2 Å². The molecule has 124 valence electrons. The molecule has 24 heavy (non-hydrogen) atoms. The van der Waals surface area contributed by atoms with Crippen LogP contribution in [0.15, 0.2) is 46.9 Å². The van der Waals surface area contributed by atoms with Crippen molar-refractivity contribution in [1.29, 1.82) is 0 Å². The van der Waals surface area contributed by atoms with Crippen molar-refractivity contribution in [1.82, 2.24) is 0 Å². The molecule has 1 amide bonds. The molecule has 9 nitrogen and oxygen atoms in total. The Labute approximate surface area is 143 Å². The number of carbonyl (C=O) groups is 1. The number of hydrogen-bond acceptors (Lipinski definition) is 6. The number of ether oxygens (including phenoxy) is 1. The molecule has 0 atom stereocenters. The Morgan fingerprint density at radius 3 is 2.33 bits per heavy atom. The second-order valence-electron chi connectivity index (χ2n) is 4.51. The average molecular weight is 396 g/mol. The molecule has 0 radical (unpaired) electrons. The normalized spacial score (nSPS) is 10.0. The molecule has 1 N–H and O–H groups in total. The third kappa shape index (κ3) is 4.49. The Morgan fingerprint density at radius 1 is 1.08 bits per heavy atom. The summed E-state index contributed by atoms with van der Waals surface area (Å²) >= 11 is 3.26. The summed E-state index contributed by atoms with van der Waals surface area (Å²) in [7, 11) is 0. The van der Waals surface area contributed by atoms with Gasteiger partial charge in [-0.25, -0.2) is 0 Å². The molecule has 2 rings (SSSR count). The molecule has 0 spiro atoms. The van der Waals surface area contributed by atoms with E-state index in [2.05, 4.69) is 21.2 Å². The van der Waals surface area contributed by atoms with Gasteiger partial charge in [-0.3, -0.25) is 25.0 Å². The van der Waals surface area contributed by atoms with Crippen LogP contribution in [0, 0.1) is 20.2 Å². The number of nitrogens with one attached hydrogen (secondary N) is 1. The average Bonchev–Trinajstić information content (AvgIpc) is 2.54. The number of non-ortho nitro benzene ring substituents is 1. The van der Waals surface area contributed by atoms with Gasteiger partial charge in [0.1, 0.15) is 0 Å². The highest BCUT2D eigenvalue weighted by Crippen LogP contribution is 2.30. The minimum atomic E-state index is -0.811. The lowest BCUT2D eigenvalue weighted by Crippen LogP contribution is -2.20. The summed E-state index contributed by atoms with van der Waals surface area (Å²) in [5.41, 5.74) is -0.487. The summed E-state index contributed by atoms with van der Waals surface area (Å²) in [4.78, 5) is 31.9. The Hall–Kier alpha value is -3.01. The van der Waals surface area contributed by atoms with Crippen molar-refractivity contribution in [3.63, 3.8) is 0 Å². The Bertz CT molecular complexity index is 794. The number of carbonyl (C=O) groups excluding carboxylic acids is 1. The van der Waals surface area contributed by atoms with Gasteiger partial charge in [-0.2, -0.15) is 0 Å². The number of halogens is 1. The molecule has 0 saturated heterocycles. The lowest BCUT2D eigenvalue weighted by Gasteiger charge is -2.08. The first-order valence-corrected chi connectivity index (χ1v) is 7.27. The maximum atomic E-state index is 11.8. The first-order chi connectivity index (χ1) is 11.4. The quantitative estimate of drug-likeness (QED) is 0.590. The van der Waals surface area contributed by atoms with Crippen molar-refractivity contribution in [2.45, 2.75) is 0 Å². The fourth-order valence-corrected chi connectivity index (χ4v) is 2.02. The van der Waals surface area contributed by atoms with E-state index in [0.29, 0.717) is 5.69 Å². The van der Waals surface area contributed by atoms with Crippen LogP contribution in [-0.4, -0.2) is 22.4 Å². The fourth-order valence-electron chi connectivity index (χ4n) is 1.76. The molecule has 0 aromatic heterocycles. The van der Waals surface area contributed by atoms with Crippen LogP contribution in [-0.2, 0) is 4.79 Å². The summed E-state index contributed by atoms with van der Waals surface area (Å²) in [6.45, 7) is -0.477. The minimum absolute atomic E-state index is 0.225. The zero-order chi connectivity index (χ0) is 17.7. The predicted octanol–water partition coefficient (Wildman–Crippen LogP) is 3.28. The monoisotopic (exact) mass is 395 g/mol. The van der Waals surface area contributed by atoms with Crippen LogP contribution >= 0.6 is 15.9 Å². The number of benzene rings is 2. The molecule has 0 heterocycles. The molecule has 0 aliphatic heterocycles. The van der Waals surface area contributed by atoms with Gasteiger partial charge in [-0.1, -0.05) is 15.9 Å². The van der Waals surface area contributed by atoms with Crippen LogP contribution in [0.4, 0.5) is 17.1 Å². The molecule has 0 fully saturated rings. The first-order valence-electron chi connectivity index (χ1n) is 6.48. The molecule has 10 heteroatoms. The third-order valence-corrected chi connectivity index (χ3v) is 3.37. The maximum Gasteiger partial charge on any atom is 0.317 e. The minimum Gasteiger partial charge on any atom is -0.477 e. The highest BCUT2D eigenvalue weighted by Gasteiger charge is 2.21. The number of rotatable bonds is 6. The van der Waals surface area contributed by atoms with Crippen molar-refractivity contribution in [2.24, 2.45) is 0 Å². The molecule has 0 aliphatic carbocycles. The van der Waals surface area contributed by atoms with Gasteiger partial charge in [0.15, 0.2) is 12.4 Å². The van der Waals surface area contributed by atoms with Crippen LogP contribution in [0.1, 0.15) is 0 Å². The highest BCUT2D eigenvalue weighted by molar-refractivity contribution is 9.10. The van der Waals surface area contributed by atoms with Crippen molar-refractivity contribution in [2.75, 3.05) is 11.9 Å². The fraction of sp³-hybridized carbons (Fsp3) is 0.0714. The summed E-state index contributed by atoms with van der Waals surface area (Å²) in [6, 6.07) is 9.72. The smallest absolute Gasteiger partial charge is 0.317 e. The van der Waals surface area contributed by atoms with Gasteiger partial charge in [-0.15, -0.1) is 0 Å². The van der Waals surface area contributed by atoms with Crippen LogP contribution in [0.25, 0.3) is 0 Å². The van der Waals surface area contributed by atoms with E-state index < -0.39 is 33.7 Å². The van der Waals surface area contributed by atoms with Crippen LogP contribution in [0.2, 0.25) is 0 Å². The van der Waals surface area contributed by atoms with E-state index in [-0.39, 0.29) is 5.75 Å². The van der Waals surface area contributed by atoms with Gasteiger partial charge >= 0.3 is 5.69 Å². The number of nitro groups is 2. The topological polar surface area (TPSA) is 125 Å². The summed E-state index contributed by atoms with van der Waals surface area (Å²) < 4.78 is 5.95. The highest BCUT2D eigenvalue weighted by atomic mass is 79.9. The van der Waals surface area contributed by atoms with Crippen LogP contribution < -0.4 is 10.1 Å².